The van der Waals surface area contributed by atoms with Gasteiger partial charge in [0, 0.05) is 10.2 Å². The number of carbonyl (C=O) groups excluding carboxylic acids is 1. The number of amides is 1. The quantitative estimate of drug-likeness (QED) is 0.515. The van der Waals surface area contributed by atoms with E-state index in [0.29, 0.717) is 12.2 Å². The van der Waals surface area contributed by atoms with Crippen LogP contribution in [0.3, 0.4) is 0 Å². The SMILES string of the molecule is Cc1cc(C(=O)Nc2ncn(Cc3ccc(Br)cc3)n2)nn1-c1ccccc1. The first-order valence-electron chi connectivity index (χ1n) is 8.66. The van der Waals surface area contributed by atoms with Crippen molar-refractivity contribution in [1.29, 1.82) is 0 Å². The molecule has 0 aliphatic rings. The van der Waals surface area contributed by atoms with Gasteiger partial charge in [-0.25, -0.2) is 14.3 Å². The molecule has 8 heteroatoms. The number of hydrogen-bond donors (Lipinski definition) is 1. The Bertz CT molecular complexity index is 1100. The minimum Gasteiger partial charge on any atom is -0.288 e. The number of carbonyl (C=O) groups is 1. The van der Waals surface area contributed by atoms with E-state index in [-0.39, 0.29) is 11.9 Å². The lowest BCUT2D eigenvalue weighted by molar-refractivity contribution is 0.102. The summed E-state index contributed by atoms with van der Waals surface area (Å²) in [6.45, 7) is 2.47. The number of aromatic nitrogens is 5. The minimum absolute atomic E-state index is 0.244. The predicted octanol–water partition coefficient (Wildman–Crippen LogP) is 3.84. The molecule has 1 N–H and O–H groups in total. The van der Waals surface area contributed by atoms with Gasteiger partial charge < -0.3 is 0 Å². The molecule has 0 spiro atoms. The maximum Gasteiger partial charge on any atom is 0.278 e. The second kappa shape index (κ2) is 7.77. The molecule has 7 nitrogen and oxygen atoms in total. The van der Waals surface area contributed by atoms with E-state index in [0.717, 1.165) is 21.4 Å². The van der Waals surface area contributed by atoms with Gasteiger partial charge in [-0.2, -0.15) is 5.10 Å². The van der Waals surface area contributed by atoms with E-state index >= 15 is 0 Å². The van der Waals surface area contributed by atoms with Crippen molar-refractivity contribution < 1.29 is 4.79 Å². The molecule has 140 valence electrons. The van der Waals surface area contributed by atoms with Crippen molar-refractivity contribution in [3.8, 4) is 5.69 Å². The zero-order valence-electron chi connectivity index (χ0n) is 15.1. The molecule has 0 saturated carbocycles. The molecular formula is C20H17BrN6O. The number of rotatable bonds is 5. The van der Waals surface area contributed by atoms with Crippen molar-refractivity contribution >= 4 is 27.8 Å². The van der Waals surface area contributed by atoms with Gasteiger partial charge in [0.15, 0.2) is 5.69 Å². The predicted molar refractivity (Wildman–Crippen MR) is 110 cm³/mol. The molecule has 0 atom stereocenters. The summed E-state index contributed by atoms with van der Waals surface area (Å²) >= 11 is 3.42. The van der Waals surface area contributed by atoms with Crippen LogP contribution >= 0.6 is 15.9 Å². The van der Waals surface area contributed by atoms with Crippen LogP contribution in [0.5, 0.6) is 0 Å². The summed E-state index contributed by atoms with van der Waals surface area (Å²) in [5.74, 6) is -0.104. The molecule has 4 aromatic rings. The van der Waals surface area contributed by atoms with Crippen molar-refractivity contribution in [1.82, 2.24) is 24.5 Å². The van der Waals surface area contributed by atoms with Crippen LogP contribution in [0.4, 0.5) is 5.95 Å². The first kappa shape index (κ1) is 18.1. The number of hydrogen-bond acceptors (Lipinski definition) is 4. The third-order valence-electron chi connectivity index (χ3n) is 4.14. The van der Waals surface area contributed by atoms with Crippen LogP contribution < -0.4 is 5.32 Å². The van der Waals surface area contributed by atoms with Crippen LogP contribution in [0.1, 0.15) is 21.7 Å². The Hall–Kier alpha value is -3.26. The number of anilines is 1. The lowest BCUT2D eigenvalue weighted by Crippen LogP contribution is -2.14. The van der Waals surface area contributed by atoms with Gasteiger partial charge in [-0.1, -0.05) is 46.3 Å². The van der Waals surface area contributed by atoms with Gasteiger partial charge >= 0.3 is 0 Å². The van der Waals surface area contributed by atoms with E-state index in [4.69, 9.17) is 0 Å². The van der Waals surface area contributed by atoms with Crippen LogP contribution in [-0.2, 0) is 6.54 Å². The first-order valence-corrected chi connectivity index (χ1v) is 9.45. The van der Waals surface area contributed by atoms with Gasteiger partial charge in [0.05, 0.1) is 12.2 Å². The molecule has 0 fully saturated rings. The second-order valence-corrected chi connectivity index (χ2v) is 7.18. The van der Waals surface area contributed by atoms with Gasteiger partial charge in [0.1, 0.15) is 6.33 Å². The fourth-order valence-electron chi connectivity index (χ4n) is 2.79. The Labute approximate surface area is 170 Å². The zero-order valence-corrected chi connectivity index (χ0v) is 16.7. The number of nitrogens with zero attached hydrogens (tertiary/aromatic N) is 5. The fraction of sp³-hybridized carbons (Fsp3) is 0.100. The molecule has 0 saturated heterocycles. The highest BCUT2D eigenvalue weighted by Crippen LogP contribution is 2.14. The molecule has 0 bridgehead atoms. The highest BCUT2D eigenvalue weighted by Gasteiger charge is 2.15. The monoisotopic (exact) mass is 436 g/mol. The Kier molecular flexibility index (Phi) is 5.03. The molecule has 4 rings (SSSR count). The van der Waals surface area contributed by atoms with Crippen LogP contribution in [0.2, 0.25) is 0 Å². The molecule has 0 unspecified atom stereocenters. The number of halogens is 1. The topological polar surface area (TPSA) is 77.6 Å². The van der Waals surface area contributed by atoms with E-state index in [9.17, 15) is 4.79 Å². The molecule has 2 aromatic carbocycles. The standard InChI is InChI=1S/C20H17BrN6O/c1-14-11-18(24-27(14)17-5-3-2-4-6-17)19(28)23-20-22-13-26(25-20)12-15-7-9-16(21)10-8-15/h2-11,13H,12H2,1H3,(H,23,25,28). The highest BCUT2D eigenvalue weighted by molar-refractivity contribution is 9.10. The molecule has 28 heavy (non-hydrogen) atoms. The lowest BCUT2D eigenvalue weighted by atomic mass is 10.2. The summed E-state index contributed by atoms with van der Waals surface area (Å²) in [5, 5.41) is 11.4. The van der Waals surface area contributed by atoms with Gasteiger partial charge in [0.2, 0.25) is 5.95 Å². The van der Waals surface area contributed by atoms with Crippen molar-refractivity contribution in [3.63, 3.8) is 0 Å². The van der Waals surface area contributed by atoms with Crippen molar-refractivity contribution in [3.05, 3.63) is 88.4 Å². The number of aryl methyl sites for hydroxylation is 1. The number of benzene rings is 2. The minimum atomic E-state index is -0.348. The first-order chi connectivity index (χ1) is 13.6. The number of para-hydroxylation sites is 1. The smallest absolute Gasteiger partial charge is 0.278 e. The second-order valence-electron chi connectivity index (χ2n) is 6.26. The Balaban J connectivity index is 1.46. The maximum atomic E-state index is 12.5. The average molecular weight is 437 g/mol. The molecule has 2 aromatic heterocycles. The van der Waals surface area contributed by atoms with Gasteiger partial charge in [0.25, 0.3) is 5.91 Å². The largest absolute Gasteiger partial charge is 0.288 e. The molecule has 2 heterocycles. The van der Waals surface area contributed by atoms with Crippen molar-refractivity contribution in [2.75, 3.05) is 5.32 Å². The Morgan fingerprint density at radius 2 is 1.82 bits per heavy atom. The van der Waals surface area contributed by atoms with E-state index < -0.39 is 0 Å². The maximum absolute atomic E-state index is 12.5. The summed E-state index contributed by atoms with van der Waals surface area (Å²) in [5.41, 5.74) is 3.16. The van der Waals surface area contributed by atoms with E-state index in [1.165, 1.54) is 0 Å². The van der Waals surface area contributed by atoms with E-state index in [2.05, 4.69) is 36.4 Å². The van der Waals surface area contributed by atoms with Crippen LogP contribution in [0.15, 0.2) is 71.5 Å². The fourth-order valence-corrected chi connectivity index (χ4v) is 3.05. The Morgan fingerprint density at radius 3 is 2.57 bits per heavy atom. The van der Waals surface area contributed by atoms with Crippen molar-refractivity contribution in [2.24, 2.45) is 0 Å². The lowest BCUT2D eigenvalue weighted by Gasteiger charge is -2.03. The summed E-state index contributed by atoms with van der Waals surface area (Å²) in [7, 11) is 0. The van der Waals surface area contributed by atoms with Crippen molar-refractivity contribution in [2.45, 2.75) is 13.5 Å². The van der Waals surface area contributed by atoms with Gasteiger partial charge in [-0.15, -0.1) is 5.10 Å². The highest BCUT2D eigenvalue weighted by atomic mass is 79.9. The third kappa shape index (κ3) is 4.01. The van der Waals surface area contributed by atoms with E-state index in [1.807, 2.05) is 61.5 Å². The third-order valence-corrected chi connectivity index (χ3v) is 4.67. The van der Waals surface area contributed by atoms with Crippen LogP contribution in [0, 0.1) is 6.92 Å². The van der Waals surface area contributed by atoms with Crippen LogP contribution in [0.25, 0.3) is 5.69 Å². The molecule has 0 radical (unpaired) electrons. The normalized spacial score (nSPS) is 10.8. The van der Waals surface area contributed by atoms with Gasteiger partial charge in [-0.05, 0) is 42.8 Å². The number of nitrogens with one attached hydrogen (secondary N) is 1. The summed E-state index contributed by atoms with van der Waals surface area (Å²) in [6.07, 6.45) is 1.59. The summed E-state index contributed by atoms with van der Waals surface area (Å²) in [4.78, 5) is 16.7. The van der Waals surface area contributed by atoms with E-state index in [1.54, 1.807) is 21.8 Å². The van der Waals surface area contributed by atoms with Gasteiger partial charge in [-0.3, -0.25) is 10.1 Å². The summed E-state index contributed by atoms with van der Waals surface area (Å²) in [6, 6.07) is 19.4. The molecular weight excluding hydrogens is 420 g/mol. The Morgan fingerprint density at radius 1 is 1.07 bits per heavy atom. The average Bonchev–Trinajstić information content (AvgIpc) is 3.31. The zero-order chi connectivity index (χ0) is 19.5. The summed E-state index contributed by atoms with van der Waals surface area (Å²) < 4.78 is 4.43. The molecule has 1 amide bonds. The molecule has 0 aliphatic carbocycles. The molecule has 0 aliphatic heterocycles. The van der Waals surface area contributed by atoms with Crippen LogP contribution in [-0.4, -0.2) is 30.5 Å².